The molecule has 11 heteroatoms. The van der Waals surface area contributed by atoms with Gasteiger partial charge in [-0.05, 0) is 80.9 Å². The SMILES string of the molecule is CC(C)(OC[C@H](N)c1nc2ccc([C@H](C3CC3)C(C(N)=O)C34CC(F)(C3)C4)cc2[nH]1)C(F)(F)F.Cl. The number of imidazole rings is 1. The summed E-state index contributed by atoms with van der Waals surface area (Å²) in [6.45, 7) is 1.55. The van der Waals surface area contributed by atoms with E-state index in [4.69, 9.17) is 16.2 Å². The van der Waals surface area contributed by atoms with E-state index in [1.165, 1.54) is 0 Å². The summed E-state index contributed by atoms with van der Waals surface area (Å²) >= 11 is 0. The molecule has 6 rings (SSSR count). The summed E-state index contributed by atoms with van der Waals surface area (Å²) in [4.78, 5) is 20.1. The third-order valence-corrected chi connectivity index (χ3v) is 8.03. The van der Waals surface area contributed by atoms with Gasteiger partial charge < -0.3 is 21.2 Å². The Kier molecular flexibility index (Phi) is 6.21. The van der Waals surface area contributed by atoms with Gasteiger partial charge in [-0.25, -0.2) is 9.37 Å². The number of alkyl halides is 4. The molecule has 2 aromatic rings. The van der Waals surface area contributed by atoms with E-state index >= 15 is 0 Å². The average Bonchev–Trinajstić information content (AvgIpc) is 3.43. The monoisotopic (exact) mass is 518 g/mol. The highest BCUT2D eigenvalue weighted by molar-refractivity contribution is 5.85. The molecule has 35 heavy (non-hydrogen) atoms. The van der Waals surface area contributed by atoms with Crippen molar-refractivity contribution in [2.45, 2.75) is 75.4 Å². The van der Waals surface area contributed by atoms with Crippen molar-refractivity contribution in [3.63, 3.8) is 0 Å². The second-order valence-corrected chi connectivity index (χ2v) is 11.1. The first-order valence-electron chi connectivity index (χ1n) is 11.7. The number of halogens is 5. The zero-order valence-electron chi connectivity index (χ0n) is 19.6. The number of nitrogens with one attached hydrogen (secondary N) is 1. The molecule has 1 aromatic heterocycles. The molecule has 0 saturated heterocycles. The van der Waals surface area contributed by atoms with Gasteiger partial charge in [0.2, 0.25) is 5.91 Å². The maximum atomic E-state index is 14.3. The molecule has 3 atom stereocenters. The molecule has 0 aliphatic heterocycles. The van der Waals surface area contributed by atoms with E-state index in [0.717, 1.165) is 32.3 Å². The van der Waals surface area contributed by atoms with Crippen LogP contribution < -0.4 is 11.5 Å². The molecule has 1 amide bonds. The van der Waals surface area contributed by atoms with Gasteiger partial charge in [-0.2, -0.15) is 13.2 Å². The summed E-state index contributed by atoms with van der Waals surface area (Å²) in [6, 6.07) is 4.76. The molecule has 1 heterocycles. The first-order valence-corrected chi connectivity index (χ1v) is 11.7. The van der Waals surface area contributed by atoms with Crippen molar-refractivity contribution in [1.29, 1.82) is 0 Å². The van der Waals surface area contributed by atoms with E-state index in [1.807, 2.05) is 18.2 Å². The molecule has 6 nitrogen and oxygen atoms in total. The van der Waals surface area contributed by atoms with Crippen LogP contribution in [0.25, 0.3) is 11.0 Å². The number of hydrogen-bond acceptors (Lipinski definition) is 4. The molecule has 0 radical (unpaired) electrons. The number of primary amides is 1. The van der Waals surface area contributed by atoms with E-state index in [-0.39, 0.29) is 36.3 Å². The largest absolute Gasteiger partial charge is 0.416 e. The van der Waals surface area contributed by atoms with Gasteiger partial charge in [0.25, 0.3) is 0 Å². The highest BCUT2D eigenvalue weighted by Gasteiger charge is 2.74. The summed E-state index contributed by atoms with van der Waals surface area (Å²) in [6.07, 6.45) is -1.33. The Morgan fingerprint density at radius 3 is 2.40 bits per heavy atom. The number of carbonyl (C=O) groups excluding carboxylic acids is 1. The Morgan fingerprint density at radius 2 is 1.89 bits per heavy atom. The molecule has 1 unspecified atom stereocenters. The van der Waals surface area contributed by atoms with Crippen LogP contribution in [0, 0.1) is 17.3 Å². The highest BCUT2D eigenvalue weighted by atomic mass is 35.5. The molecular formula is C24H31ClF4N4O2. The Morgan fingerprint density at radius 1 is 1.26 bits per heavy atom. The number of rotatable bonds is 9. The van der Waals surface area contributed by atoms with Crippen LogP contribution in [0.4, 0.5) is 17.6 Å². The molecule has 4 aliphatic rings. The fourth-order valence-electron chi connectivity index (χ4n) is 6.01. The molecule has 4 saturated carbocycles. The van der Waals surface area contributed by atoms with Crippen molar-refractivity contribution >= 4 is 29.3 Å². The van der Waals surface area contributed by atoms with Gasteiger partial charge in [0, 0.05) is 0 Å². The standard InChI is InChI=1S/C24H30F4N4O2.ClH/c1-21(2,24(26,27)28)34-8-14(29)20-31-15-6-5-13(7-16(15)32-20)17(12-3-4-12)18(19(30)33)22-9-23(25,10-22)11-22;/h5-7,12,14,17-18H,3-4,8-11,29H2,1-2H3,(H2,30,33)(H,31,32);1H/t14-,17-,18?,22?,23?;/m0./s1. The molecule has 4 aliphatic carbocycles. The van der Waals surface area contributed by atoms with Gasteiger partial charge in [0.1, 0.15) is 11.5 Å². The van der Waals surface area contributed by atoms with Crippen LogP contribution >= 0.6 is 12.4 Å². The second kappa shape index (κ2) is 8.31. The minimum absolute atomic E-state index is 0. The van der Waals surface area contributed by atoms with Crippen molar-refractivity contribution in [3.05, 3.63) is 29.6 Å². The zero-order valence-corrected chi connectivity index (χ0v) is 20.4. The number of nitrogens with zero attached hydrogens (tertiary/aromatic N) is 1. The van der Waals surface area contributed by atoms with Crippen molar-refractivity contribution in [1.82, 2.24) is 9.97 Å². The Labute approximate surface area is 206 Å². The molecule has 1 aromatic carbocycles. The van der Waals surface area contributed by atoms with Crippen molar-refractivity contribution in [2.75, 3.05) is 6.61 Å². The fourth-order valence-corrected chi connectivity index (χ4v) is 6.01. The van der Waals surface area contributed by atoms with E-state index in [1.54, 1.807) is 0 Å². The number of aromatic amines is 1. The third-order valence-electron chi connectivity index (χ3n) is 8.03. The normalized spacial score (nSPS) is 28.4. The van der Waals surface area contributed by atoms with Gasteiger partial charge in [-0.1, -0.05) is 6.07 Å². The van der Waals surface area contributed by atoms with Gasteiger partial charge >= 0.3 is 6.18 Å². The second-order valence-electron chi connectivity index (χ2n) is 11.1. The summed E-state index contributed by atoms with van der Waals surface area (Å²) in [5, 5.41) is 0. The van der Waals surface area contributed by atoms with Crippen LogP contribution in [0.3, 0.4) is 0 Å². The number of benzene rings is 1. The fraction of sp³-hybridized carbons (Fsp3) is 0.667. The van der Waals surface area contributed by atoms with Crippen LogP contribution in [0.15, 0.2) is 18.2 Å². The third kappa shape index (κ3) is 4.42. The summed E-state index contributed by atoms with van der Waals surface area (Å²) < 4.78 is 58.5. The topological polar surface area (TPSA) is 107 Å². The molecular weight excluding hydrogens is 488 g/mol. The number of H-pyrrole nitrogens is 1. The van der Waals surface area contributed by atoms with E-state index in [2.05, 4.69) is 9.97 Å². The highest BCUT2D eigenvalue weighted by Crippen LogP contribution is 2.75. The molecule has 5 N–H and O–H groups in total. The van der Waals surface area contributed by atoms with Gasteiger partial charge in [-0.15, -0.1) is 12.4 Å². The predicted octanol–water partition coefficient (Wildman–Crippen LogP) is 4.83. The first-order chi connectivity index (χ1) is 15.7. The van der Waals surface area contributed by atoms with Gasteiger partial charge in [0.05, 0.1) is 29.6 Å². The smallest absolute Gasteiger partial charge is 0.369 e. The van der Waals surface area contributed by atoms with E-state index < -0.39 is 29.4 Å². The number of fused-ring (bicyclic) bond motifs is 1. The lowest BCUT2D eigenvalue weighted by atomic mass is 9.36. The van der Waals surface area contributed by atoms with Crippen molar-refractivity contribution < 1.29 is 27.1 Å². The van der Waals surface area contributed by atoms with Crippen LogP contribution in [0.5, 0.6) is 0 Å². The number of amides is 1. The number of nitrogens with two attached hydrogens (primary N) is 2. The number of carbonyl (C=O) groups is 1. The summed E-state index contributed by atoms with van der Waals surface area (Å²) in [7, 11) is 0. The quantitative estimate of drug-likeness (QED) is 0.413. The minimum atomic E-state index is -4.52. The first kappa shape index (κ1) is 26.2. The van der Waals surface area contributed by atoms with Crippen LogP contribution in [0.2, 0.25) is 0 Å². The summed E-state index contributed by atoms with van der Waals surface area (Å²) in [5.41, 5.74) is 10.4. The van der Waals surface area contributed by atoms with Crippen molar-refractivity contribution in [3.8, 4) is 0 Å². The van der Waals surface area contributed by atoms with Crippen molar-refractivity contribution in [2.24, 2.45) is 28.7 Å². The van der Waals surface area contributed by atoms with Gasteiger partial charge in [0.15, 0.2) is 5.60 Å². The molecule has 0 spiro atoms. The lowest BCUT2D eigenvalue weighted by Crippen LogP contribution is -2.69. The maximum Gasteiger partial charge on any atom is 0.416 e. The minimum Gasteiger partial charge on any atom is -0.369 e. The van der Waals surface area contributed by atoms with Crippen LogP contribution in [0.1, 0.15) is 69.3 Å². The molecule has 2 bridgehead atoms. The van der Waals surface area contributed by atoms with E-state index in [0.29, 0.717) is 42.0 Å². The lowest BCUT2D eigenvalue weighted by Gasteiger charge is -2.69. The Balaban J connectivity index is 0.00000289. The number of hydrogen-bond donors (Lipinski definition) is 3. The van der Waals surface area contributed by atoms with Crippen LogP contribution in [-0.4, -0.2) is 39.9 Å². The van der Waals surface area contributed by atoms with Gasteiger partial charge in [-0.3, -0.25) is 4.79 Å². The molecule has 4 fully saturated rings. The maximum absolute atomic E-state index is 14.3. The Hall–Kier alpha value is -1.91. The van der Waals surface area contributed by atoms with E-state index in [9.17, 15) is 22.4 Å². The number of aromatic nitrogens is 2. The Bertz CT molecular complexity index is 1110. The predicted molar refractivity (Wildman–Crippen MR) is 125 cm³/mol. The zero-order chi connectivity index (χ0) is 24.7. The molecule has 194 valence electrons. The van der Waals surface area contributed by atoms with Crippen LogP contribution in [-0.2, 0) is 9.53 Å². The lowest BCUT2D eigenvalue weighted by molar-refractivity contribution is -0.264. The summed E-state index contributed by atoms with van der Waals surface area (Å²) in [5.74, 6) is -0.253. The average molecular weight is 519 g/mol. The number of ether oxygens (including phenoxy) is 1.